The second-order valence-corrected chi connectivity index (χ2v) is 8.49. The van der Waals surface area contributed by atoms with Gasteiger partial charge in [-0.3, -0.25) is 4.79 Å². The Hall–Kier alpha value is -2.38. The molecule has 3 aromatic rings. The van der Waals surface area contributed by atoms with E-state index in [1.54, 1.807) is 4.80 Å². The normalized spacial score (nSPS) is 16.7. The fraction of sp³-hybridized carbons (Fsp3) is 0.333. The van der Waals surface area contributed by atoms with Crippen molar-refractivity contribution in [3.63, 3.8) is 0 Å². The van der Waals surface area contributed by atoms with Gasteiger partial charge in [0.05, 0.1) is 12.6 Å². The molecular weight excluding hydrogens is 406 g/mol. The van der Waals surface area contributed by atoms with Gasteiger partial charge in [-0.05, 0) is 29.3 Å². The number of halogens is 1. The molecule has 1 fully saturated rings. The van der Waals surface area contributed by atoms with Gasteiger partial charge in [-0.2, -0.15) is 16.6 Å². The van der Waals surface area contributed by atoms with Crippen molar-refractivity contribution in [2.45, 2.75) is 25.4 Å². The predicted molar refractivity (Wildman–Crippen MR) is 116 cm³/mol. The molecule has 6 nitrogen and oxygen atoms in total. The van der Waals surface area contributed by atoms with Crippen LogP contribution >= 0.6 is 23.4 Å². The summed E-state index contributed by atoms with van der Waals surface area (Å²) in [5.41, 5.74) is 2.08. The number of rotatable bonds is 6. The zero-order valence-corrected chi connectivity index (χ0v) is 17.5. The molecule has 8 heteroatoms. The van der Waals surface area contributed by atoms with Crippen molar-refractivity contribution < 1.29 is 4.79 Å². The van der Waals surface area contributed by atoms with Gasteiger partial charge in [-0.1, -0.05) is 54.1 Å². The Morgan fingerprint density at radius 2 is 1.93 bits per heavy atom. The lowest BCUT2D eigenvalue weighted by Gasteiger charge is -2.36. The van der Waals surface area contributed by atoms with E-state index >= 15 is 0 Å². The minimum Gasteiger partial charge on any atom is -0.334 e. The second kappa shape index (κ2) is 9.41. The van der Waals surface area contributed by atoms with Crippen molar-refractivity contribution in [1.29, 1.82) is 0 Å². The number of aryl methyl sites for hydroxylation is 1. The van der Waals surface area contributed by atoms with Gasteiger partial charge in [-0.25, -0.2) is 0 Å². The number of carbonyl (C=O) groups is 1. The SMILES string of the molecule is O=C(CCCn1nnc(-c2ccccc2)n1)N1CCSCC1c1ccc(Cl)cc1. The van der Waals surface area contributed by atoms with Gasteiger partial charge in [0.1, 0.15) is 0 Å². The molecule has 150 valence electrons. The molecule has 4 rings (SSSR count). The lowest BCUT2D eigenvalue weighted by atomic mass is 10.1. The standard InChI is InChI=1S/C21H22ClN5OS/c22-18-10-8-16(9-11-18)19-15-29-14-13-26(19)20(28)7-4-12-27-24-21(23-25-27)17-5-2-1-3-6-17/h1-3,5-6,8-11,19H,4,7,12-15H2. The van der Waals surface area contributed by atoms with Crippen LogP contribution in [0.3, 0.4) is 0 Å². The van der Waals surface area contributed by atoms with Crippen LogP contribution in [-0.2, 0) is 11.3 Å². The van der Waals surface area contributed by atoms with Crippen LogP contribution in [-0.4, -0.2) is 49.1 Å². The zero-order chi connectivity index (χ0) is 20.1. The highest BCUT2D eigenvalue weighted by molar-refractivity contribution is 7.99. The molecule has 0 saturated carbocycles. The molecular formula is C21H22ClN5OS. The van der Waals surface area contributed by atoms with E-state index in [4.69, 9.17) is 11.6 Å². The first-order chi connectivity index (χ1) is 14.2. The number of hydrogen-bond donors (Lipinski definition) is 0. The maximum absolute atomic E-state index is 12.9. The van der Waals surface area contributed by atoms with Gasteiger partial charge in [-0.15, -0.1) is 10.2 Å². The second-order valence-electron chi connectivity index (χ2n) is 6.91. The van der Waals surface area contributed by atoms with E-state index in [0.717, 1.165) is 29.2 Å². The van der Waals surface area contributed by atoms with Crippen molar-refractivity contribution in [2.24, 2.45) is 0 Å². The molecule has 29 heavy (non-hydrogen) atoms. The minimum absolute atomic E-state index is 0.104. The Morgan fingerprint density at radius 3 is 2.72 bits per heavy atom. The van der Waals surface area contributed by atoms with E-state index in [1.807, 2.05) is 71.3 Å². The minimum atomic E-state index is 0.104. The lowest BCUT2D eigenvalue weighted by molar-refractivity contribution is -0.133. The van der Waals surface area contributed by atoms with Gasteiger partial charge in [0, 0.05) is 35.1 Å². The monoisotopic (exact) mass is 427 g/mol. The Labute approximate surface area is 179 Å². The summed E-state index contributed by atoms with van der Waals surface area (Å²) in [6.45, 7) is 1.34. The Bertz CT molecular complexity index is 947. The molecule has 0 aliphatic carbocycles. The number of benzene rings is 2. The third kappa shape index (κ3) is 4.97. The molecule has 1 atom stereocenters. The van der Waals surface area contributed by atoms with Crippen LogP contribution in [0.1, 0.15) is 24.4 Å². The molecule has 1 saturated heterocycles. The number of nitrogens with zero attached hydrogens (tertiary/aromatic N) is 5. The third-order valence-corrected chi connectivity index (χ3v) is 6.21. The fourth-order valence-corrected chi connectivity index (χ4v) is 4.63. The van der Waals surface area contributed by atoms with Crippen molar-refractivity contribution in [3.05, 3.63) is 65.2 Å². The van der Waals surface area contributed by atoms with Crippen molar-refractivity contribution in [2.75, 3.05) is 18.1 Å². The largest absolute Gasteiger partial charge is 0.334 e. The average Bonchev–Trinajstić information content (AvgIpc) is 3.24. The average molecular weight is 428 g/mol. The summed E-state index contributed by atoms with van der Waals surface area (Å²) in [6.07, 6.45) is 1.15. The number of carbonyl (C=O) groups excluding carboxylic acids is 1. The third-order valence-electron chi connectivity index (χ3n) is 4.94. The van der Waals surface area contributed by atoms with Crippen LogP contribution in [0.25, 0.3) is 11.4 Å². The molecule has 1 aromatic heterocycles. The van der Waals surface area contributed by atoms with Crippen LogP contribution < -0.4 is 0 Å². The Kier molecular flexibility index (Phi) is 6.46. The topological polar surface area (TPSA) is 63.9 Å². The summed E-state index contributed by atoms with van der Waals surface area (Å²) in [5.74, 6) is 2.67. The molecule has 1 aliphatic rings. The highest BCUT2D eigenvalue weighted by Crippen LogP contribution is 2.31. The smallest absolute Gasteiger partial charge is 0.223 e. The number of hydrogen-bond acceptors (Lipinski definition) is 5. The highest BCUT2D eigenvalue weighted by atomic mass is 35.5. The van der Waals surface area contributed by atoms with Gasteiger partial charge >= 0.3 is 0 Å². The van der Waals surface area contributed by atoms with Crippen LogP contribution in [0.4, 0.5) is 0 Å². The van der Waals surface area contributed by atoms with Gasteiger partial charge in [0.25, 0.3) is 0 Å². The molecule has 0 spiro atoms. The summed E-state index contributed by atoms with van der Waals surface area (Å²) in [4.78, 5) is 16.5. The summed E-state index contributed by atoms with van der Waals surface area (Å²) < 4.78 is 0. The van der Waals surface area contributed by atoms with Gasteiger partial charge < -0.3 is 4.90 Å². The molecule has 1 amide bonds. The first-order valence-corrected chi connectivity index (χ1v) is 11.2. The number of tetrazole rings is 1. The van der Waals surface area contributed by atoms with Crippen molar-refractivity contribution >= 4 is 29.3 Å². The molecule has 1 unspecified atom stereocenters. The molecule has 2 heterocycles. The van der Waals surface area contributed by atoms with E-state index in [9.17, 15) is 4.79 Å². The van der Waals surface area contributed by atoms with E-state index in [1.165, 1.54) is 0 Å². The predicted octanol–water partition coefficient (Wildman–Crippen LogP) is 4.09. The molecule has 2 aromatic carbocycles. The van der Waals surface area contributed by atoms with Crippen LogP contribution in [0.5, 0.6) is 0 Å². The van der Waals surface area contributed by atoms with Crippen molar-refractivity contribution in [3.8, 4) is 11.4 Å². The summed E-state index contributed by atoms with van der Waals surface area (Å²) in [5, 5.41) is 13.3. The zero-order valence-electron chi connectivity index (χ0n) is 15.9. The van der Waals surface area contributed by atoms with E-state index in [2.05, 4.69) is 15.4 Å². The van der Waals surface area contributed by atoms with Crippen molar-refractivity contribution in [1.82, 2.24) is 25.1 Å². The number of thioether (sulfide) groups is 1. The lowest BCUT2D eigenvalue weighted by Crippen LogP contribution is -2.40. The van der Waals surface area contributed by atoms with E-state index in [-0.39, 0.29) is 11.9 Å². The number of amides is 1. The summed E-state index contributed by atoms with van der Waals surface area (Å²) in [6, 6.07) is 17.7. The number of aromatic nitrogens is 4. The quantitative estimate of drug-likeness (QED) is 0.592. The first kappa shape index (κ1) is 19.9. The molecule has 0 radical (unpaired) electrons. The van der Waals surface area contributed by atoms with Crippen LogP contribution in [0.15, 0.2) is 54.6 Å². The molecule has 0 bridgehead atoms. The Balaban J connectivity index is 1.34. The van der Waals surface area contributed by atoms with E-state index < -0.39 is 0 Å². The summed E-state index contributed by atoms with van der Waals surface area (Å²) >= 11 is 7.90. The summed E-state index contributed by atoms with van der Waals surface area (Å²) in [7, 11) is 0. The fourth-order valence-electron chi connectivity index (χ4n) is 3.42. The van der Waals surface area contributed by atoms with Gasteiger partial charge in [0.15, 0.2) is 0 Å². The van der Waals surface area contributed by atoms with Crippen LogP contribution in [0.2, 0.25) is 5.02 Å². The van der Waals surface area contributed by atoms with E-state index in [0.29, 0.717) is 30.2 Å². The first-order valence-electron chi connectivity index (χ1n) is 9.66. The maximum atomic E-state index is 12.9. The Morgan fingerprint density at radius 1 is 1.14 bits per heavy atom. The molecule has 1 aliphatic heterocycles. The van der Waals surface area contributed by atoms with Crippen LogP contribution in [0, 0.1) is 0 Å². The van der Waals surface area contributed by atoms with Gasteiger partial charge in [0.2, 0.25) is 11.7 Å². The maximum Gasteiger partial charge on any atom is 0.223 e. The highest BCUT2D eigenvalue weighted by Gasteiger charge is 2.27. The molecule has 0 N–H and O–H groups in total.